The maximum Gasteiger partial charge on any atom is 0.225 e. The molecule has 1 fully saturated rings. The van der Waals surface area contributed by atoms with Crippen molar-refractivity contribution in [1.29, 1.82) is 0 Å². The molecule has 3 heteroatoms. The van der Waals surface area contributed by atoms with Crippen LogP contribution in [0.3, 0.4) is 0 Å². The highest BCUT2D eigenvalue weighted by molar-refractivity contribution is 5.78. The molecule has 2 unspecified atom stereocenters. The molecule has 1 rings (SSSR count). The van der Waals surface area contributed by atoms with Crippen molar-refractivity contribution in [3.05, 3.63) is 0 Å². The van der Waals surface area contributed by atoms with Crippen LogP contribution < -0.4 is 5.32 Å². The second-order valence-corrected chi connectivity index (χ2v) is 4.56. The average molecular weight is 198 g/mol. The molecule has 82 valence electrons. The van der Waals surface area contributed by atoms with E-state index in [-0.39, 0.29) is 11.8 Å². The molecule has 1 aliphatic rings. The summed E-state index contributed by atoms with van der Waals surface area (Å²) in [7, 11) is 3.93. The van der Waals surface area contributed by atoms with Gasteiger partial charge in [-0.15, -0.1) is 0 Å². The Morgan fingerprint density at radius 2 is 2.07 bits per heavy atom. The minimum atomic E-state index is 0.119. The standard InChI is InChI=1S/C11H22N2O/c1-8(2)11(14)13(4)10-6-5-9(7-10)12-3/h8-10,12H,5-7H2,1-4H3. The van der Waals surface area contributed by atoms with Crippen molar-refractivity contribution >= 4 is 5.91 Å². The van der Waals surface area contributed by atoms with E-state index < -0.39 is 0 Å². The van der Waals surface area contributed by atoms with Gasteiger partial charge in [-0.25, -0.2) is 0 Å². The van der Waals surface area contributed by atoms with E-state index >= 15 is 0 Å². The van der Waals surface area contributed by atoms with Crippen LogP contribution >= 0.6 is 0 Å². The van der Waals surface area contributed by atoms with E-state index in [1.54, 1.807) is 0 Å². The van der Waals surface area contributed by atoms with Crippen molar-refractivity contribution in [2.24, 2.45) is 5.92 Å². The molecule has 1 aliphatic carbocycles. The lowest BCUT2D eigenvalue weighted by molar-refractivity contribution is -0.135. The largest absolute Gasteiger partial charge is 0.342 e. The molecule has 3 nitrogen and oxygen atoms in total. The van der Waals surface area contributed by atoms with Crippen LogP contribution in [0, 0.1) is 5.92 Å². The highest BCUT2D eigenvalue weighted by Gasteiger charge is 2.29. The first-order valence-electron chi connectivity index (χ1n) is 5.50. The molecule has 1 saturated carbocycles. The molecule has 14 heavy (non-hydrogen) atoms. The summed E-state index contributed by atoms with van der Waals surface area (Å²) in [5, 5.41) is 3.28. The topological polar surface area (TPSA) is 32.3 Å². The molecule has 0 aromatic heterocycles. The average Bonchev–Trinajstić information content (AvgIpc) is 2.63. The molecule has 2 atom stereocenters. The summed E-state index contributed by atoms with van der Waals surface area (Å²) < 4.78 is 0. The van der Waals surface area contributed by atoms with Gasteiger partial charge in [-0.3, -0.25) is 4.79 Å². The predicted octanol–water partition coefficient (Wildman–Crippen LogP) is 1.24. The van der Waals surface area contributed by atoms with Crippen molar-refractivity contribution in [1.82, 2.24) is 10.2 Å². The van der Waals surface area contributed by atoms with Crippen molar-refractivity contribution in [2.75, 3.05) is 14.1 Å². The second-order valence-electron chi connectivity index (χ2n) is 4.56. The van der Waals surface area contributed by atoms with Crippen LogP contribution in [-0.2, 0) is 4.79 Å². The minimum Gasteiger partial charge on any atom is -0.342 e. The Morgan fingerprint density at radius 3 is 2.50 bits per heavy atom. The van der Waals surface area contributed by atoms with Crippen LogP contribution in [0.2, 0.25) is 0 Å². The summed E-state index contributed by atoms with van der Waals surface area (Å²) in [6.45, 7) is 3.92. The first-order valence-corrected chi connectivity index (χ1v) is 5.50. The number of hydrogen-bond donors (Lipinski definition) is 1. The first kappa shape index (κ1) is 11.5. The molecule has 0 saturated heterocycles. The summed E-state index contributed by atoms with van der Waals surface area (Å²) in [5.41, 5.74) is 0. The van der Waals surface area contributed by atoms with Gasteiger partial charge in [0, 0.05) is 25.0 Å². The van der Waals surface area contributed by atoms with Crippen LogP contribution in [0.5, 0.6) is 0 Å². The predicted molar refractivity (Wildman–Crippen MR) is 58.1 cm³/mol. The Labute approximate surface area is 86.9 Å². The third-order valence-electron chi connectivity index (χ3n) is 3.20. The molecule has 0 bridgehead atoms. The highest BCUT2D eigenvalue weighted by Crippen LogP contribution is 2.23. The lowest BCUT2D eigenvalue weighted by Gasteiger charge is -2.26. The number of nitrogens with zero attached hydrogens (tertiary/aromatic N) is 1. The third-order valence-corrected chi connectivity index (χ3v) is 3.20. The zero-order valence-electron chi connectivity index (χ0n) is 9.71. The molecule has 0 aromatic carbocycles. The van der Waals surface area contributed by atoms with Crippen LogP contribution in [0.15, 0.2) is 0 Å². The van der Waals surface area contributed by atoms with Crippen molar-refractivity contribution in [2.45, 2.75) is 45.2 Å². The molecule has 1 N–H and O–H groups in total. The van der Waals surface area contributed by atoms with E-state index in [1.807, 2.05) is 32.8 Å². The van der Waals surface area contributed by atoms with E-state index in [1.165, 1.54) is 6.42 Å². The Morgan fingerprint density at radius 1 is 1.43 bits per heavy atom. The molecule has 0 spiro atoms. The number of nitrogens with one attached hydrogen (secondary N) is 1. The van der Waals surface area contributed by atoms with Crippen molar-refractivity contribution in [3.8, 4) is 0 Å². The van der Waals surface area contributed by atoms with Crippen LogP contribution in [0.1, 0.15) is 33.1 Å². The molecule has 0 heterocycles. The number of hydrogen-bond acceptors (Lipinski definition) is 2. The fourth-order valence-electron chi connectivity index (χ4n) is 2.16. The molecular formula is C11H22N2O. The Hall–Kier alpha value is -0.570. The van der Waals surface area contributed by atoms with E-state index in [9.17, 15) is 4.79 Å². The van der Waals surface area contributed by atoms with Crippen molar-refractivity contribution < 1.29 is 4.79 Å². The lowest BCUT2D eigenvalue weighted by Crippen LogP contribution is -2.38. The van der Waals surface area contributed by atoms with E-state index in [4.69, 9.17) is 0 Å². The SMILES string of the molecule is CNC1CCC(N(C)C(=O)C(C)C)C1. The van der Waals surface area contributed by atoms with Gasteiger partial charge >= 0.3 is 0 Å². The normalized spacial score (nSPS) is 26.9. The van der Waals surface area contributed by atoms with Crippen LogP contribution in [-0.4, -0.2) is 37.0 Å². The zero-order valence-corrected chi connectivity index (χ0v) is 9.71. The van der Waals surface area contributed by atoms with E-state index in [0.29, 0.717) is 12.1 Å². The van der Waals surface area contributed by atoms with Gasteiger partial charge in [0.25, 0.3) is 0 Å². The second kappa shape index (κ2) is 4.78. The van der Waals surface area contributed by atoms with Crippen molar-refractivity contribution in [3.63, 3.8) is 0 Å². The number of carbonyl (C=O) groups excluding carboxylic acids is 1. The monoisotopic (exact) mass is 198 g/mol. The molecule has 1 amide bonds. The number of carbonyl (C=O) groups is 1. The molecule has 0 aliphatic heterocycles. The van der Waals surface area contributed by atoms with Gasteiger partial charge in [-0.05, 0) is 26.3 Å². The number of rotatable bonds is 3. The quantitative estimate of drug-likeness (QED) is 0.740. The summed E-state index contributed by atoms with van der Waals surface area (Å²) in [6, 6.07) is 1.05. The summed E-state index contributed by atoms with van der Waals surface area (Å²) >= 11 is 0. The Bertz CT molecular complexity index is 203. The maximum absolute atomic E-state index is 11.7. The van der Waals surface area contributed by atoms with E-state index in [2.05, 4.69) is 5.32 Å². The van der Waals surface area contributed by atoms with Gasteiger partial charge in [-0.1, -0.05) is 13.8 Å². The third kappa shape index (κ3) is 2.47. The first-order chi connectivity index (χ1) is 6.56. The molecule has 0 aromatic rings. The fraction of sp³-hybridized carbons (Fsp3) is 0.909. The van der Waals surface area contributed by atoms with Crippen LogP contribution in [0.25, 0.3) is 0 Å². The van der Waals surface area contributed by atoms with Gasteiger partial charge in [0.2, 0.25) is 5.91 Å². The maximum atomic E-state index is 11.7. The fourth-order valence-corrected chi connectivity index (χ4v) is 2.16. The zero-order chi connectivity index (χ0) is 10.7. The summed E-state index contributed by atoms with van der Waals surface area (Å²) in [5.74, 6) is 0.389. The number of amides is 1. The Balaban J connectivity index is 2.46. The Kier molecular flexibility index (Phi) is 3.93. The molecule has 0 radical (unpaired) electrons. The van der Waals surface area contributed by atoms with Gasteiger partial charge in [0.1, 0.15) is 0 Å². The van der Waals surface area contributed by atoms with Crippen LogP contribution in [0.4, 0.5) is 0 Å². The summed E-state index contributed by atoms with van der Waals surface area (Å²) in [4.78, 5) is 13.7. The summed E-state index contributed by atoms with van der Waals surface area (Å²) in [6.07, 6.45) is 3.43. The molecular weight excluding hydrogens is 176 g/mol. The van der Waals surface area contributed by atoms with Gasteiger partial charge < -0.3 is 10.2 Å². The van der Waals surface area contributed by atoms with Gasteiger partial charge in [0.15, 0.2) is 0 Å². The van der Waals surface area contributed by atoms with Gasteiger partial charge in [-0.2, -0.15) is 0 Å². The minimum absolute atomic E-state index is 0.119. The lowest BCUT2D eigenvalue weighted by atomic mass is 10.1. The highest BCUT2D eigenvalue weighted by atomic mass is 16.2. The van der Waals surface area contributed by atoms with E-state index in [0.717, 1.165) is 12.8 Å². The smallest absolute Gasteiger partial charge is 0.225 e. The van der Waals surface area contributed by atoms with Gasteiger partial charge in [0.05, 0.1) is 0 Å².